The molecule has 4 nitrogen and oxygen atoms in total. The number of amides is 1. The summed E-state index contributed by atoms with van der Waals surface area (Å²) in [6.07, 6.45) is 0.270. The van der Waals surface area contributed by atoms with E-state index in [1.165, 1.54) is 16.7 Å². The lowest BCUT2D eigenvalue weighted by molar-refractivity contribution is -0.147. The Balaban J connectivity index is 2.06. The van der Waals surface area contributed by atoms with Crippen molar-refractivity contribution in [3.63, 3.8) is 0 Å². The predicted molar refractivity (Wildman–Crippen MR) is 70.5 cm³/mol. The van der Waals surface area contributed by atoms with Gasteiger partial charge in [0.1, 0.15) is 6.04 Å². The van der Waals surface area contributed by atoms with Crippen molar-refractivity contribution in [3.05, 3.63) is 35.4 Å². The molecule has 0 saturated carbocycles. The molecule has 1 atom stereocenters. The summed E-state index contributed by atoms with van der Waals surface area (Å²) in [6, 6.07) is 7.05. The van der Waals surface area contributed by atoms with Crippen LogP contribution >= 0.6 is 11.8 Å². The Bertz CT molecular complexity index is 475. The lowest BCUT2D eigenvalue weighted by atomic mass is 10.1. The van der Waals surface area contributed by atoms with E-state index in [0.717, 1.165) is 11.1 Å². The molecule has 0 radical (unpaired) electrons. The van der Waals surface area contributed by atoms with Crippen LogP contribution in [0.1, 0.15) is 11.1 Å². The number of benzene rings is 1. The fourth-order valence-corrected chi connectivity index (χ4v) is 3.16. The van der Waals surface area contributed by atoms with Crippen molar-refractivity contribution in [3.8, 4) is 0 Å². The number of carbonyl (C=O) groups is 2. The van der Waals surface area contributed by atoms with Gasteiger partial charge in [-0.05, 0) is 12.5 Å². The van der Waals surface area contributed by atoms with E-state index in [9.17, 15) is 9.59 Å². The summed E-state index contributed by atoms with van der Waals surface area (Å²) in [4.78, 5) is 24.6. The van der Waals surface area contributed by atoms with Crippen LogP contribution in [-0.4, -0.2) is 39.6 Å². The van der Waals surface area contributed by atoms with Gasteiger partial charge in [0.05, 0.1) is 12.3 Å². The normalized spacial score (nSPS) is 18.9. The average molecular weight is 265 g/mol. The molecule has 1 heterocycles. The molecule has 0 unspecified atom stereocenters. The fraction of sp³-hybridized carbons (Fsp3) is 0.385. The van der Waals surface area contributed by atoms with E-state index < -0.39 is 12.0 Å². The molecule has 1 aromatic rings. The topological polar surface area (TPSA) is 57.6 Å². The second-order valence-electron chi connectivity index (χ2n) is 4.38. The second-order valence-corrected chi connectivity index (χ2v) is 5.38. The van der Waals surface area contributed by atoms with Crippen LogP contribution in [0.5, 0.6) is 0 Å². The summed E-state index contributed by atoms with van der Waals surface area (Å²) in [5.41, 5.74) is 2.03. The molecule has 1 aromatic carbocycles. The number of aryl methyl sites for hydroxylation is 1. The van der Waals surface area contributed by atoms with Gasteiger partial charge in [-0.2, -0.15) is 0 Å². The average Bonchev–Trinajstić information content (AvgIpc) is 2.77. The third-order valence-corrected chi connectivity index (χ3v) is 3.94. The van der Waals surface area contributed by atoms with Gasteiger partial charge in [0.2, 0.25) is 5.91 Å². The van der Waals surface area contributed by atoms with E-state index in [0.29, 0.717) is 11.6 Å². The Hall–Kier alpha value is -1.49. The van der Waals surface area contributed by atoms with Crippen LogP contribution in [0.4, 0.5) is 0 Å². The minimum absolute atomic E-state index is 0.113. The van der Waals surface area contributed by atoms with Gasteiger partial charge in [-0.3, -0.25) is 4.79 Å². The summed E-state index contributed by atoms with van der Waals surface area (Å²) < 4.78 is 0. The van der Waals surface area contributed by atoms with Gasteiger partial charge in [0.25, 0.3) is 0 Å². The molecule has 0 bridgehead atoms. The molecular formula is C13H15NO3S. The number of carboxylic acids is 1. The number of nitrogens with zero attached hydrogens (tertiary/aromatic N) is 1. The first-order chi connectivity index (χ1) is 8.58. The van der Waals surface area contributed by atoms with Gasteiger partial charge < -0.3 is 10.0 Å². The highest BCUT2D eigenvalue weighted by molar-refractivity contribution is 7.99. The second kappa shape index (κ2) is 5.44. The molecule has 0 spiro atoms. The van der Waals surface area contributed by atoms with Crippen molar-refractivity contribution in [1.82, 2.24) is 4.90 Å². The maximum atomic E-state index is 12.1. The zero-order chi connectivity index (χ0) is 13.1. The highest BCUT2D eigenvalue weighted by Crippen LogP contribution is 2.22. The van der Waals surface area contributed by atoms with Crippen molar-refractivity contribution in [2.75, 3.05) is 11.6 Å². The van der Waals surface area contributed by atoms with Crippen molar-refractivity contribution in [1.29, 1.82) is 0 Å². The standard InChI is InChI=1S/C13H15NO3S/c1-9-3-2-4-10(5-9)6-12(15)14-8-18-7-11(14)13(16)17/h2-5,11H,6-8H2,1H3,(H,16,17)/t11-/m0/s1. The van der Waals surface area contributed by atoms with Crippen LogP contribution in [0.3, 0.4) is 0 Å². The first-order valence-corrected chi connectivity index (χ1v) is 6.89. The van der Waals surface area contributed by atoms with E-state index in [1.54, 1.807) is 0 Å². The number of hydrogen-bond acceptors (Lipinski definition) is 3. The summed E-state index contributed by atoms with van der Waals surface area (Å²) >= 11 is 1.48. The van der Waals surface area contributed by atoms with Crippen LogP contribution in [0, 0.1) is 6.92 Å². The summed E-state index contributed by atoms with van der Waals surface area (Å²) in [7, 11) is 0. The molecule has 18 heavy (non-hydrogen) atoms. The Morgan fingerprint density at radius 3 is 2.94 bits per heavy atom. The third kappa shape index (κ3) is 2.85. The molecule has 1 N–H and O–H groups in total. The molecule has 96 valence electrons. The molecule has 0 aromatic heterocycles. The Morgan fingerprint density at radius 2 is 2.28 bits per heavy atom. The van der Waals surface area contributed by atoms with E-state index in [2.05, 4.69) is 0 Å². The van der Waals surface area contributed by atoms with Gasteiger partial charge in [0.15, 0.2) is 0 Å². The van der Waals surface area contributed by atoms with E-state index in [-0.39, 0.29) is 12.3 Å². The zero-order valence-electron chi connectivity index (χ0n) is 10.1. The highest BCUT2D eigenvalue weighted by Gasteiger charge is 2.34. The molecule has 5 heteroatoms. The van der Waals surface area contributed by atoms with Crippen molar-refractivity contribution in [2.45, 2.75) is 19.4 Å². The van der Waals surface area contributed by atoms with Crippen molar-refractivity contribution < 1.29 is 14.7 Å². The third-order valence-electron chi connectivity index (χ3n) is 2.93. The Labute approximate surface area is 110 Å². The van der Waals surface area contributed by atoms with Gasteiger partial charge in [-0.25, -0.2) is 4.79 Å². The summed E-state index contributed by atoms with van der Waals surface area (Å²) in [5.74, 6) is -0.0770. The Kier molecular flexibility index (Phi) is 3.91. The Morgan fingerprint density at radius 1 is 1.50 bits per heavy atom. The maximum absolute atomic E-state index is 12.1. The number of thioether (sulfide) groups is 1. The number of rotatable bonds is 3. The number of carbonyl (C=O) groups excluding carboxylic acids is 1. The highest BCUT2D eigenvalue weighted by atomic mass is 32.2. The molecule has 1 fully saturated rings. The molecular weight excluding hydrogens is 250 g/mol. The SMILES string of the molecule is Cc1cccc(CC(=O)N2CSC[C@H]2C(=O)O)c1. The van der Waals surface area contributed by atoms with Crippen LogP contribution in [0.15, 0.2) is 24.3 Å². The lowest BCUT2D eigenvalue weighted by Gasteiger charge is -2.20. The van der Waals surface area contributed by atoms with Gasteiger partial charge in [0, 0.05) is 5.75 Å². The molecule has 1 amide bonds. The monoisotopic (exact) mass is 265 g/mol. The largest absolute Gasteiger partial charge is 0.480 e. The lowest BCUT2D eigenvalue weighted by Crippen LogP contribution is -2.42. The minimum atomic E-state index is -0.919. The number of aliphatic carboxylic acids is 1. The van der Waals surface area contributed by atoms with Crippen molar-refractivity contribution in [2.24, 2.45) is 0 Å². The molecule has 0 aliphatic carbocycles. The zero-order valence-corrected chi connectivity index (χ0v) is 10.9. The quantitative estimate of drug-likeness (QED) is 0.900. The summed E-state index contributed by atoms with van der Waals surface area (Å²) in [5, 5.41) is 9.04. The van der Waals surface area contributed by atoms with E-state index in [1.807, 2.05) is 31.2 Å². The maximum Gasteiger partial charge on any atom is 0.327 e. The van der Waals surface area contributed by atoms with Crippen molar-refractivity contribution >= 4 is 23.6 Å². The van der Waals surface area contributed by atoms with Crippen LogP contribution in [0.2, 0.25) is 0 Å². The van der Waals surface area contributed by atoms with E-state index >= 15 is 0 Å². The van der Waals surface area contributed by atoms with Gasteiger partial charge in [-0.15, -0.1) is 11.8 Å². The smallest absolute Gasteiger partial charge is 0.327 e. The predicted octanol–water partition coefficient (Wildman–Crippen LogP) is 1.52. The fourth-order valence-electron chi connectivity index (χ4n) is 1.99. The molecule has 1 saturated heterocycles. The number of hydrogen-bond donors (Lipinski definition) is 1. The van der Waals surface area contributed by atoms with E-state index in [4.69, 9.17) is 5.11 Å². The van der Waals surface area contributed by atoms with Crippen LogP contribution in [0.25, 0.3) is 0 Å². The summed E-state index contributed by atoms with van der Waals surface area (Å²) in [6.45, 7) is 1.97. The van der Waals surface area contributed by atoms with Gasteiger partial charge in [-0.1, -0.05) is 29.8 Å². The molecule has 2 rings (SSSR count). The van der Waals surface area contributed by atoms with Gasteiger partial charge >= 0.3 is 5.97 Å². The number of carboxylic acid groups (broad SMARTS) is 1. The molecule has 1 aliphatic rings. The van der Waals surface area contributed by atoms with Crippen LogP contribution in [-0.2, 0) is 16.0 Å². The molecule has 1 aliphatic heterocycles. The first kappa shape index (κ1) is 13.0. The van der Waals surface area contributed by atoms with Crippen LogP contribution < -0.4 is 0 Å². The first-order valence-electron chi connectivity index (χ1n) is 5.73. The minimum Gasteiger partial charge on any atom is -0.480 e.